The lowest BCUT2D eigenvalue weighted by Crippen LogP contribution is -2.16. The summed E-state index contributed by atoms with van der Waals surface area (Å²) in [6, 6.07) is 7.35. The minimum absolute atomic E-state index is 0.220. The molecule has 0 fully saturated rings. The van der Waals surface area contributed by atoms with Crippen LogP contribution in [0, 0.1) is 3.57 Å². The van der Waals surface area contributed by atoms with Crippen LogP contribution >= 0.6 is 33.9 Å². The summed E-state index contributed by atoms with van der Waals surface area (Å²) < 4.78 is 12.2. The van der Waals surface area contributed by atoms with Crippen LogP contribution in [0.3, 0.4) is 0 Å². The van der Waals surface area contributed by atoms with E-state index >= 15 is 0 Å². The molecule has 1 amide bonds. The number of carbonyl (C=O) groups excluding carboxylic acids is 1. The Labute approximate surface area is 152 Å². The van der Waals surface area contributed by atoms with Crippen LogP contribution in [0.15, 0.2) is 34.7 Å². The smallest absolute Gasteiger partial charge is 0.281 e. The first kappa shape index (κ1) is 17.7. The fraction of sp³-hybridized carbons (Fsp3) is 0.250. The molecular formula is C16H17IN2O3S. The van der Waals surface area contributed by atoms with Crippen molar-refractivity contribution in [2.24, 2.45) is 5.10 Å². The number of hydrogen-bond donors (Lipinski definition) is 1. The Balaban J connectivity index is 2.13. The molecule has 0 atom stereocenters. The molecule has 2 rings (SSSR count). The highest BCUT2D eigenvalue weighted by Crippen LogP contribution is 2.33. The molecule has 0 aliphatic rings. The van der Waals surface area contributed by atoms with E-state index in [0.717, 1.165) is 14.9 Å². The normalized spacial score (nSPS) is 10.7. The lowest BCUT2D eigenvalue weighted by molar-refractivity contribution is 0.0959. The zero-order valence-electron chi connectivity index (χ0n) is 12.8. The van der Waals surface area contributed by atoms with Crippen LogP contribution in [0.1, 0.15) is 29.1 Å². The van der Waals surface area contributed by atoms with Gasteiger partial charge in [0, 0.05) is 0 Å². The number of carbonyl (C=O) groups is 1. The number of nitrogens with zero attached hydrogens (tertiary/aromatic N) is 1. The number of amides is 1. The first-order valence-electron chi connectivity index (χ1n) is 7.11. The lowest BCUT2D eigenvalue weighted by atomic mass is 10.2. The van der Waals surface area contributed by atoms with Crippen LogP contribution in [0.25, 0.3) is 0 Å². The predicted molar refractivity (Wildman–Crippen MR) is 101 cm³/mol. The van der Waals surface area contributed by atoms with Gasteiger partial charge < -0.3 is 9.47 Å². The van der Waals surface area contributed by atoms with Gasteiger partial charge in [0.2, 0.25) is 0 Å². The summed E-state index contributed by atoms with van der Waals surface area (Å²) >= 11 is 3.57. The molecule has 0 unspecified atom stereocenters. The van der Waals surface area contributed by atoms with E-state index in [1.54, 1.807) is 12.3 Å². The number of benzene rings is 1. The molecule has 0 spiro atoms. The van der Waals surface area contributed by atoms with Gasteiger partial charge in [-0.15, -0.1) is 11.3 Å². The van der Waals surface area contributed by atoms with Crippen molar-refractivity contribution in [1.82, 2.24) is 5.43 Å². The van der Waals surface area contributed by atoms with E-state index in [2.05, 4.69) is 33.1 Å². The van der Waals surface area contributed by atoms with Crippen LogP contribution < -0.4 is 14.9 Å². The second-order valence-electron chi connectivity index (χ2n) is 4.37. The van der Waals surface area contributed by atoms with Crippen molar-refractivity contribution in [3.05, 3.63) is 43.7 Å². The number of halogens is 1. The molecule has 0 saturated heterocycles. The molecule has 23 heavy (non-hydrogen) atoms. The largest absolute Gasteiger partial charge is 0.490 e. The molecule has 122 valence electrons. The van der Waals surface area contributed by atoms with E-state index in [-0.39, 0.29) is 5.91 Å². The number of thiophene rings is 1. The number of rotatable bonds is 7. The highest BCUT2D eigenvalue weighted by Gasteiger charge is 2.11. The SMILES string of the molecule is CCOc1cc(/C=N\NC(=O)c2cccs2)cc(I)c1OCC. The van der Waals surface area contributed by atoms with E-state index < -0.39 is 0 Å². The van der Waals surface area contributed by atoms with Gasteiger partial charge in [-0.2, -0.15) is 5.10 Å². The average Bonchev–Trinajstić information content (AvgIpc) is 3.05. The van der Waals surface area contributed by atoms with Gasteiger partial charge in [0.1, 0.15) is 0 Å². The summed E-state index contributed by atoms with van der Waals surface area (Å²) in [7, 11) is 0. The minimum atomic E-state index is -0.220. The Morgan fingerprint density at radius 2 is 2.13 bits per heavy atom. The van der Waals surface area contributed by atoms with Gasteiger partial charge in [0.15, 0.2) is 11.5 Å². The van der Waals surface area contributed by atoms with Crippen molar-refractivity contribution in [2.45, 2.75) is 13.8 Å². The molecule has 5 nitrogen and oxygen atoms in total. The van der Waals surface area contributed by atoms with Crippen LogP contribution in [0.2, 0.25) is 0 Å². The summed E-state index contributed by atoms with van der Waals surface area (Å²) in [6.07, 6.45) is 1.59. The summed E-state index contributed by atoms with van der Waals surface area (Å²) in [5.74, 6) is 1.18. The van der Waals surface area contributed by atoms with E-state index in [0.29, 0.717) is 23.8 Å². The second kappa shape index (κ2) is 8.88. The number of ether oxygens (including phenoxy) is 2. The zero-order valence-corrected chi connectivity index (χ0v) is 15.8. The Hall–Kier alpha value is -1.61. The van der Waals surface area contributed by atoms with Crippen molar-refractivity contribution in [1.29, 1.82) is 0 Å². The molecule has 2 aromatic rings. The van der Waals surface area contributed by atoms with Crippen molar-refractivity contribution in [2.75, 3.05) is 13.2 Å². The maximum absolute atomic E-state index is 11.8. The maximum atomic E-state index is 11.8. The highest BCUT2D eigenvalue weighted by molar-refractivity contribution is 14.1. The fourth-order valence-electron chi connectivity index (χ4n) is 1.84. The predicted octanol–water partition coefficient (Wildman–Crippen LogP) is 3.91. The average molecular weight is 444 g/mol. The first-order valence-corrected chi connectivity index (χ1v) is 9.07. The quantitative estimate of drug-likeness (QED) is 0.400. The van der Waals surface area contributed by atoms with E-state index in [9.17, 15) is 4.79 Å². The van der Waals surface area contributed by atoms with Crippen LogP contribution in [0.4, 0.5) is 0 Å². The molecular weight excluding hydrogens is 427 g/mol. The van der Waals surface area contributed by atoms with Crippen molar-refractivity contribution >= 4 is 46.0 Å². The molecule has 7 heteroatoms. The molecule has 0 aliphatic heterocycles. The van der Waals surface area contributed by atoms with Crippen molar-refractivity contribution in [3.63, 3.8) is 0 Å². The van der Waals surface area contributed by atoms with Gasteiger partial charge >= 0.3 is 0 Å². The number of hydrazone groups is 1. The topological polar surface area (TPSA) is 59.9 Å². The number of hydrogen-bond acceptors (Lipinski definition) is 5. The third-order valence-corrected chi connectivity index (χ3v) is 4.41. The van der Waals surface area contributed by atoms with E-state index in [1.807, 2.05) is 37.4 Å². The monoisotopic (exact) mass is 444 g/mol. The van der Waals surface area contributed by atoms with Crippen LogP contribution in [-0.2, 0) is 0 Å². The minimum Gasteiger partial charge on any atom is -0.490 e. The Kier molecular flexibility index (Phi) is 6.85. The van der Waals surface area contributed by atoms with Crippen LogP contribution in [0.5, 0.6) is 11.5 Å². The highest BCUT2D eigenvalue weighted by atomic mass is 127. The lowest BCUT2D eigenvalue weighted by Gasteiger charge is -2.13. The van der Waals surface area contributed by atoms with E-state index in [1.165, 1.54) is 11.3 Å². The molecule has 0 saturated carbocycles. The molecule has 0 aliphatic carbocycles. The number of nitrogens with one attached hydrogen (secondary N) is 1. The Morgan fingerprint density at radius 1 is 1.35 bits per heavy atom. The van der Waals surface area contributed by atoms with Gasteiger partial charge in [-0.05, 0) is 65.6 Å². The molecule has 1 N–H and O–H groups in total. The van der Waals surface area contributed by atoms with Gasteiger partial charge in [0.25, 0.3) is 5.91 Å². The summed E-state index contributed by atoms with van der Waals surface area (Å²) in [6.45, 7) is 4.97. The standard InChI is InChI=1S/C16H17IN2O3S/c1-3-21-13-9-11(8-12(17)15(13)22-4-2)10-18-19-16(20)14-6-5-7-23-14/h5-10H,3-4H2,1-2H3,(H,19,20)/b18-10-. The third kappa shape index (κ3) is 4.93. The van der Waals surface area contributed by atoms with Gasteiger partial charge in [-0.25, -0.2) is 5.43 Å². The third-order valence-electron chi connectivity index (χ3n) is 2.75. The van der Waals surface area contributed by atoms with Gasteiger partial charge in [-0.1, -0.05) is 6.07 Å². The van der Waals surface area contributed by atoms with E-state index in [4.69, 9.17) is 9.47 Å². The molecule has 1 aromatic heterocycles. The van der Waals surface area contributed by atoms with Crippen molar-refractivity contribution < 1.29 is 14.3 Å². The molecule has 1 aromatic carbocycles. The maximum Gasteiger partial charge on any atom is 0.281 e. The Bertz CT molecular complexity index is 687. The van der Waals surface area contributed by atoms with Gasteiger partial charge in [-0.3, -0.25) is 4.79 Å². The molecule has 1 heterocycles. The summed E-state index contributed by atoms with van der Waals surface area (Å²) in [4.78, 5) is 12.4. The fourth-order valence-corrected chi connectivity index (χ4v) is 3.23. The summed E-state index contributed by atoms with van der Waals surface area (Å²) in [5, 5.41) is 5.85. The first-order chi connectivity index (χ1) is 11.2. The Morgan fingerprint density at radius 3 is 2.78 bits per heavy atom. The van der Waals surface area contributed by atoms with Gasteiger partial charge in [0.05, 0.1) is 27.9 Å². The molecule has 0 bridgehead atoms. The zero-order chi connectivity index (χ0) is 16.7. The van der Waals surface area contributed by atoms with Crippen LogP contribution in [-0.4, -0.2) is 25.3 Å². The van der Waals surface area contributed by atoms with Crippen molar-refractivity contribution in [3.8, 4) is 11.5 Å². The summed E-state index contributed by atoms with van der Waals surface area (Å²) in [5.41, 5.74) is 3.34. The molecule has 0 radical (unpaired) electrons. The second-order valence-corrected chi connectivity index (χ2v) is 6.48.